The van der Waals surface area contributed by atoms with Crippen molar-refractivity contribution in [3.05, 3.63) is 11.8 Å². The fraction of sp³-hybridized carbons (Fsp3) is 0.600. The largest absolute Gasteiger partial charge is 0.463 e. The van der Waals surface area contributed by atoms with Crippen molar-refractivity contribution in [3.63, 3.8) is 0 Å². The van der Waals surface area contributed by atoms with Crippen LogP contribution in [0.15, 0.2) is 11.8 Å². The molecular formula is C10H12F3NO4. The Labute approximate surface area is 101 Å². The maximum Gasteiger partial charge on any atom is 0.431 e. The van der Waals surface area contributed by atoms with Gasteiger partial charge in [-0.3, -0.25) is 4.79 Å². The minimum absolute atomic E-state index is 0.0724. The summed E-state index contributed by atoms with van der Waals surface area (Å²) in [7, 11) is 0. The predicted octanol–water partition coefficient (Wildman–Crippen LogP) is 0.589. The van der Waals surface area contributed by atoms with Crippen molar-refractivity contribution in [1.29, 1.82) is 0 Å². The van der Waals surface area contributed by atoms with E-state index in [2.05, 4.69) is 4.74 Å². The number of likely N-dealkylation sites (tertiary alicyclic amines) is 1. The molecule has 1 aliphatic rings. The Morgan fingerprint density at radius 3 is 2.61 bits per heavy atom. The van der Waals surface area contributed by atoms with Crippen molar-refractivity contribution in [2.75, 3.05) is 13.2 Å². The second-order valence-corrected chi connectivity index (χ2v) is 3.64. The van der Waals surface area contributed by atoms with Gasteiger partial charge in [-0.2, -0.15) is 13.2 Å². The van der Waals surface area contributed by atoms with Gasteiger partial charge in [-0.1, -0.05) is 0 Å². The fourth-order valence-corrected chi connectivity index (χ4v) is 1.53. The van der Waals surface area contributed by atoms with E-state index in [0.717, 1.165) is 0 Å². The van der Waals surface area contributed by atoms with Gasteiger partial charge in [0.25, 0.3) is 0 Å². The zero-order valence-corrected chi connectivity index (χ0v) is 9.53. The van der Waals surface area contributed by atoms with Crippen LogP contribution in [0.5, 0.6) is 0 Å². The molecule has 1 amide bonds. The number of alkyl halides is 3. The molecule has 0 aromatic heterocycles. The number of hydrogen-bond acceptors (Lipinski definition) is 4. The first-order valence-electron chi connectivity index (χ1n) is 5.19. The summed E-state index contributed by atoms with van der Waals surface area (Å²) in [5, 5.41) is 9.15. The van der Waals surface area contributed by atoms with E-state index in [-0.39, 0.29) is 12.7 Å². The van der Waals surface area contributed by atoms with Gasteiger partial charge in [0.2, 0.25) is 5.91 Å². The molecule has 102 valence electrons. The van der Waals surface area contributed by atoms with Gasteiger partial charge in [-0.25, -0.2) is 4.79 Å². The summed E-state index contributed by atoms with van der Waals surface area (Å²) < 4.78 is 42.5. The van der Waals surface area contributed by atoms with Crippen molar-refractivity contribution >= 4 is 11.9 Å². The van der Waals surface area contributed by atoms with Crippen LogP contribution in [0.4, 0.5) is 13.2 Å². The molecule has 0 bridgehead atoms. The number of nitrogens with zero attached hydrogens (tertiary/aromatic N) is 1. The zero-order valence-electron chi connectivity index (χ0n) is 9.53. The third kappa shape index (κ3) is 3.46. The highest BCUT2D eigenvalue weighted by Crippen LogP contribution is 2.31. The van der Waals surface area contributed by atoms with E-state index in [1.54, 1.807) is 0 Å². The number of carbonyl (C=O) groups excluding carboxylic acids is 2. The summed E-state index contributed by atoms with van der Waals surface area (Å²) in [5.41, 5.74) is -1.41. The normalized spacial score (nSPS) is 21.4. The molecule has 5 nitrogen and oxygen atoms in total. The molecule has 8 heteroatoms. The Hall–Kier alpha value is -1.57. The number of halogens is 3. The number of carbonyl (C=O) groups is 2. The van der Waals surface area contributed by atoms with Crippen molar-refractivity contribution in [3.8, 4) is 0 Å². The quantitative estimate of drug-likeness (QED) is 0.600. The number of aliphatic hydroxyl groups is 1. The SMILES string of the molecule is CCOC(=O)C=C(N1CC(O)CC1=O)C(F)(F)F. The summed E-state index contributed by atoms with van der Waals surface area (Å²) in [6.45, 7) is 0.893. The standard InChI is InChI=1S/C10H12F3NO4/c1-2-18-9(17)4-7(10(11,12)13)14-5-6(15)3-8(14)16/h4,6,15H,2-3,5H2,1H3. The minimum atomic E-state index is -4.87. The lowest BCUT2D eigenvalue weighted by molar-refractivity contribution is -0.142. The van der Waals surface area contributed by atoms with Crippen molar-refractivity contribution in [1.82, 2.24) is 4.90 Å². The average Bonchev–Trinajstić information content (AvgIpc) is 2.53. The Balaban J connectivity index is 3.00. The first-order valence-corrected chi connectivity index (χ1v) is 5.19. The van der Waals surface area contributed by atoms with E-state index in [4.69, 9.17) is 5.11 Å². The van der Waals surface area contributed by atoms with Crippen LogP contribution in [-0.4, -0.2) is 47.3 Å². The van der Waals surface area contributed by atoms with E-state index in [1.807, 2.05) is 0 Å². The van der Waals surface area contributed by atoms with E-state index >= 15 is 0 Å². The molecule has 0 aromatic carbocycles. The lowest BCUT2D eigenvalue weighted by atomic mass is 10.3. The van der Waals surface area contributed by atoms with Gasteiger partial charge in [-0.05, 0) is 6.92 Å². The van der Waals surface area contributed by atoms with E-state index < -0.39 is 42.8 Å². The molecule has 0 radical (unpaired) electrons. The molecule has 0 aromatic rings. The number of rotatable bonds is 3. The third-order valence-corrected chi connectivity index (χ3v) is 2.23. The van der Waals surface area contributed by atoms with Crippen LogP contribution in [0.2, 0.25) is 0 Å². The second-order valence-electron chi connectivity index (χ2n) is 3.64. The van der Waals surface area contributed by atoms with Crippen LogP contribution in [0.25, 0.3) is 0 Å². The van der Waals surface area contributed by atoms with Gasteiger partial charge in [0.1, 0.15) is 5.70 Å². The molecule has 18 heavy (non-hydrogen) atoms. The molecule has 1 N–H and O–H groups in total. The summed E-state index contributed by atoms with van der Waals surface area (Å²) >= 11 is 0. The van der Waals surface area contributed by atoms with Gasteiger partial charge in [0.15, 0.2) is 0 Å². The number of esters is 1. The molecule has 1 aliphatic heterocycles. The Morgan fingerprint density at radius 1 is 1.61 bits per heavy atom. The second kappa shape index (κ2) is 5.38. The maximum absolute atomic E-state index is 12.7. The van der Waals surface area contributed by atoms with Crippen LogP contribution < -0.4 is 0 Å². The Bertz CT molecular complexity index is 378. The van der Waals surface area contributed by atoms with Crippen molar-refractivity contribution in [2.45, 2.75) is 25.6 Å². The van der Waals surface area contributed by atoms with Gasteiger partial charge in [0, 0.05) is 0 Å². The van der Waals surface area contributed by atoms with Crippen LogP contribution in [0.1, 0.15) is 13.3 Å². The first-order chi connectivity index (χ1) is 8.25. The van der Waals surface area contributed by atoms with Gasteiger partial charge < -0.3 is 14.7 Å². The van der Waals surface area contributed by atoms with E-state index in [1.165, 1.54) is 6.92 Å². The zero-order chi connectivity index (χ0) is 13.9. The van der Waals surface area contributed by atoms with Gasteiger partial charge in [-0.15, -0.1) is 0 Å². The minimum Gasteiger partial charge on any atom is -0.463 e. The molecule has 1 unspecified atom stereocenters. The topological polar surface area (TPSA) is 66.8 Å². The highest BCUT2D eigenvalue weighted by atomic mass is 19.4. The summed E-state index contributed by atoms with van der Waals surface area (Å²) in [5.74, 6) is -2.06. The summed E-state index contributed by atoms with van der Waals surface area (Å²) in [6.07, 6.45) is -6.20. The highest BCUT2D eigenvalue weighted by Gasteiger charge is 2.44. The number of allylic oxidation sites excluding steroid dienone is 1. The maximum atomic E-state index is 12.7. The van der Waals surface area contributed by atoms with Crippen molar-refractivity contribution in [2.24, 2.45) is 0 Å². The first kappa shape index (κ1) is 14.5. The molecule has 1 rings (SSSR count). The fourth-order valence-electron chi connectivity index (χ4n) is 1.53. The smallest absolute Gasteiger partial charge is 0.431 e. The summed E-state index contributed by atoms with van der Waals surface area (Å²) in [6, 6.07) is 0. The molecular weight excluding hydrogens is 255 g/mol. The molecule has 1 fully saturated rings. The number of ether oxygens (including phenoxy) is 1. The third-order valence-electron chi connectivity index (χ3n) is 2.23. The van der Waals surface area contributed by atoms with Gasteiger partial charge in [0.05, 0.1) is 31.8 Å². The molecule has 0 aliphatic carbocycles. The monoisotopic (exact) mass is 267 g/mol. The molecule has 1 saturated heterocycles. The molecule has 1 heterocycles. The molecule has 0 spiro atoms. The van der Waals surface area contributed by atoms with Crippen molar-refractivity contribution < 1.29 is 32.6 Å². The molecule has 1 atom stereocenters. The highest BCUT2D eigenvalue weighted by molar-refractivity contribution is 5.86. The number of amides is 1. The van der Waals surface area contributed by atoms with E-state index in [9.17, 15) is 22.8 Å². The molecule has 0 saturated carbocycles. The van der Waals surface area contributed by atoms with E-state index in [0.29, 0.717) is 4.90 Å². The number of aliphatic hydroxyl groups excluding tert-OH is 1. The summed E-state index contributed by atoms with van der Waals surface area (Å²) in [4.78, 5) is 22.7. The average molecular weight is 267 g/mol. The number of hydrogen-bond donors (Lipinski definition) is 1. The van der Waals surface area contributed by atoms with Crippen LogP contribution in [-0.2, 0) is 14.3 Å². The predicted molar refractivity (Wildman–Crippen MR) is 53.1 cm³/mol. The Morgan fingerprint density at radius 2 is 2.22 bits per heavy atom. The number of β-amino-alcohol motifs (C(OH)–C–C–N with tert-alkyl or cyclic N) is 1. The lowest BCUT2D eigenvalue weighted by Gasteiger charge is -2.21. The van der Waals surface area contributed by atoms with Gasteiger partial charge >= 0.3 is 12.1 Å². The Kier molecular flexibility index (Phi) is 4.33. The lowest BCUT2D eigenvalue weighted by Crippen LogP contribution is -2.34. The van der Waals surface area contributed by atoms with Crippen LogP contribution in [0, 0.1) is 0 Å². The van der Waals surface area contributed by atoms with Crippen LogP contribution in [0.3, 0.4) is 0 Å². The van der Waals surface area contributed by atoms with Crippen LogP contribution >= 0.6 is 0 Å².